The number of nitrogens with one attached hydrogen (secondary N) is 2. The smallest absolute Gasteiger partial charge is 0.191 e. The van der Waals surface area contributed by atoms with Gasteiger partial charge < -0.3 is 15.4 Å². The number of aromatic nitrogens is 1. The molecule has 138 valence electrons. The van der Waals surface area contributed by atoms with Crippen LogP contribution >= 0.6 is 46.9 Å². The van der Waals surface area contributed by atoms with E-state index in [4.69, 9.17) is 16.3 Å². The van der Waals surface area contributed by atoms with Crippen LogP contribution in [0.25, 0.3) is 0 Å². The molecule has 0 fully saturated rings. The lowest BCUT2D eigenvalue weighted by Gasteiger charge is -2.12. The average Bonchev–Trinajstić information content (AvgIpc) is 3.00. The highest BCUT2D eigenvalue weighted by atomic mass is 127. The van der Waals surface area contributed by atoms with E-state index in [1.165, 1.54) is 4.88 Å². The molecular formula is C17H24ClIN4OS. The Morgan fingerprint density at radius 1 is 1.28 bits per heavy atom. The fraction of sp³-hybridized carbons (Fsp3) is 0.412. The molecule has 8 heteroatoms. The topological polar surface area (TPSA) is 58.5 Å². The summed E-state index contributed by atoms with van der Waals surface area (Å²) in [7, 11) is 3.40. The maximum Gasteiger partial charge on any atom is 0.191 e. The number of hydrogen-bond donors (Lipinski definition) is 2. The van der Waals surface area contributed by atoms with Gasteiger partial charge in [-0.3, -0.25) is 4.99 Å². The molecule has 2 rings (SSSR count). The van der Waals surface area contributed by atoms with Gasteiger partial charge >= 0.3 is 0 Å². The predicted molar refractivity (Wildman–Crippen MR) is 117 cm³/mol. The third kappa shape index (κ3) is 7.37. The van der Waals surface area contributed by atoms with Crippen LogP contribution in [0, 0.1) is 6.92 Å². The van der Waals surface area contributed by atoms with Crippen molar-refractivity contribution in [1.82, 2.24) is 15.6 Å². The quantitative estimate of drug-likeness (QED) is 0.350. The first-order valence-electron chi connectivity index (χ1n) is 7.80. The van der Waals surface area contributed by atoms with E-state index in [0.29, 0.717) is 0 Å². The third-order valence-corrected chi connectivity index (χ3v) is 4.80. The van der Waals surface area contributed by atoms with Crippen LogP contribution in [0.2, 0.25) is 5.02 Å². The van der Waals surface area contributed by atoms with Crippen molar-refractivity contribution in [1.29, 1.82) is 0 Å². The summed E-state index contributed by atoms with van der Waals surface area (Å²) < 4.78 is 5.16. The summed E-state index contributed by atoms with van der Waals surface area (Å²) in [4.78, 5) is 9.83. The molecule has 0 unspecified atom stereocenters. The minimum atomic E-state index is 0. The van der Waals surface area contributed by atoms with Crippen molar-refractivity contribution < 1.29 is 4.74 Å². The maximum atomic E-state index is 6.25. The van der Waals surface area contributed by atoms with Gasteiger partial charge in [-0.1, -0.05) is 17.7 Å². The number of aliphatic imine (C=N–C) groups is 1. The van der Waals surface area contributed by atoms with Crippen molar-refractivity contribution in [3.8, 4) is 5.75 Å². The molecule has 0 saturated heterocycles. The van der Waals surface area contributed by atoms with E-state index >= 15 is 0 Å². The third-order valence-electron chi connectivity index (χ3n) is 3.47. The lowest BCUT2D eigenvalue weighted by atomic mass is 10.1. The zero-order valence-corrected chi connectivity index (χ0v) is 18.5. The second-order valence-corrected chi connectivity index (χ2v) is 6.97. The number of rotatable bonds is 7. The molecule has 0 spiro atoms. The maximum absolute atomic E-state index is 6.25. The number of benzene rings is 1. The highest BCUT2D eigenvalue weighted by Gasteiger charge is 2.04. The van der Waals surface area contributed by atoms with E-state index < -0.39 is 0 Å². The summed E-state index contributed by atoms with van der Waals surface area (Å²) >= 11 is 7.98. The number of nitrogens with zero attached hydrogens (tertiary/aromatic N) is 2. The number of guanidine groups is 1. The zero-order chi connectivity index (χ0) is 17.4. The number of hydrogen-bond acceptors (Lipinski definition) is 4. The minimum absolute atomic E-state index is 0. The Morgan fingerprint density at radius 2 is 2.00 bits per heavy atom. The largest absolute Gasteiger partial charge is 0.497 e. The molecule has 0 radical (unpaired) electrons. The summed E-state index contributed by atoms with van der Waals surface area (Å²) in [6, 6.07) is 5.74. The number of ether oxygens (including phenoxy) is 1. The summed E-state index contributed by atoms with van der Waals surface area (Å²) in [5, 5.41) is 8.46. The monoisotopic (exact) mass is 494 g/mol. The van der Waals surface area contributed by atoms with E-state index in [9.17, 15) is 0 Å². The fourth-order valence-electron chi connectivity index (χ4n) is 2.20. The molecule has 1 aromatic carbocycles. The van der Waals surface area contributed by atoms with Crippen LogP contribution in [0.5, 0.6) is 5.75 Å². The number of aryl methyl sites for hydroxylation is 1. The van der Waals surface area contributed by atoms with Crippen molar-refractivity contribution in [3.05, 3.63) is 44.9 Å². The van der Waals surface area contributed by atoms with Crippen molar-refractivity contribution in [2.45, 2.75) is 19.8 Å². The molecule has 5 nitrogen and oxygen atoms in total. The Kier molecular flexibility index (Phi) is 10.1. The van der Waals surface area contributed by atoms with Crippen LogP contribution < -0.4 is 15.4 Å². The van der Waals surface area contributed by atoms with Gasteiger partial charge in [0.2, 0.25) is 0 Å². The number of methoxy groups -OCH3 is 1. The van der Waals surface area contributed by atoms with Crippen molar-refractivity contribution in [3.63, 3.8) is 0 Å². The molecule has 0 aliphatic rings. The van der Waals surface area contributed by atoms with Crippen LogP contribution in [0.1, 0.15) is 15.4 Å². The highest BCUT2D eigenvalue weighted by Crippen LogP contribution is 2.22. The van der Waals surface area contributed by atoms with Crippen molar-refractivity contribution in [2.24, 2.45) is 4.99 Å². The lowest BCUT2D eigenvalue weighted by Crippen LogP contribution is -2.39. The van der Waals surface area contributed by atoms with Gasteiger partial charge in [0, 0.05) is 42.7 Å². The molecule has 0 bridgehead atoms. The number of thiazole rings is 1. The predicted octanol–water partition coefficient (Wildman–Crippen LogP) is 3.68. The Labute approximate surface area is 175 Å². The van der Waals surface area contributed by atoms with Crippen LogP contribution in [-0.2, 0) is 12.8 Å². The van der Waals surface area contributed by atoms with E-state index in [-0.39, 0.29) is 24.0 Å². The van der Waals surface area contributed by atoms with Gasteiger partial charge in [-0.15, -0.1) is 35.3 Å². The molecule has 2 aromatic rings. The summed E-state index contributed by atoms with van der Waals surface area (Å²) in [5.41, 5.74) is 1.08. The summed E-state index contributed by atoms with van der Waals surface area (Å²) in [6.45, 7) is 3.62. The normalized spacial score (nSPS) is 11.0. The van der Waals surface area contributed by atoms with Crippen LogP contribution in [0.3, 0.4) is 0 Å². The Balaban J connectivity index is 0.00000312. The molecule has 0 atom stereocenters. The first-order valence-corrected chi connectivity index (χ1v) is 9.00. The lowest BCUT2D eigenvalue weighted by molar-refractivity contribution is 0.414. The Hall–Kier alpha value is -1.06. The average molecular weight is 495 g/mol. The van der Waals surface area contributed by atoms with Gasteiger partial charge in [-0.2, -0.15) is 0 Å². The standard InChI is InChI=1S/C17H23ClN4OS.HI/c1-12-11-22-16(24-12)7-9-21-17(19-2)20-8-6-13-4-5-14(23-3)10-15(13)18;/h4-5,10-11H,6-9H2,1-3H3,(H2,19,20,21);1H. The van der Waals surface area contributed by atoms with Crippen LogP contribution in [-0.4, -0.2) is 38.2 Å². The molecule has 25 heavy (non-hydrogen) atoms. The molecule has 2 N–H and O–H groups in total. The van der Waals surface area contributed by atoms with Gasteiger partial charge in [0.05, 0.1) is 12.1 Å². The Bertz CT molecular complexity index is 693. The van der Waals surface area contributed by atoms with Crippen molar-refractivity contribution in [2.75, 3.05) is 27.2 Å². The molecule has 0 saturated carbocycles. The van der Waals surface area contributed by atoms with E-state index in [0.717, 1.165) is 53.2 Å². The van der Waals surface area contributed by atoms with Gasteiger partial charge in [-0.05, 0) is 31.0 Å². The van der Waals surface area contributed by atoms with Crippen LogP contribution in [0.4, 0.5) is 0 Å². The molecule has 0 amide bonds. The molecular weight excluding hydrogens is 471 g/mol. The first-order chi connectivity index (χ1) is 11.6. The fourth-order valence-corrected chi connectivity index (χ4v) is 3.25. The molecule has 0 aliphatic heterocycles. The van der Waals surface area contributed by atoms with E-state index in [1.54, 1.807) is 25.5 Å². The Morgan fingerprint density at radius 3 is 2.56 bits per heavy atom. The molecule has 1 aromatic heterocycles. The van der Waals surface area contributed by atoms with E-state index in [2.05, 4.69) is 27.5 Å². The van der Waals surface area contributed by atoms with Crippen molar-refractivity contribution >= 4 is 52.9 Å². The number of halogens is 2. The minimum Gasteiger partial charge on any atom is -0.497 e. The van der Waals surface area contributed by atoms with Gasteiger partial charge in [0.15, 0.2) is 5.96 Å². The van der Waals surface area contributed by atoms with E-state index in [1.807, 2.05) is 24.4 Å². The zero-order valence-electron chi connectivity index (χ0n) is 14.6. The first kappa shape index (κ1) is 22.0. The molecule has 1 heterocycles. The SMILES string of the molecule is CN=C(NCCc1ncc(C)s1)NCCc1ccc(OC)cc1Cl.I. The van der Waals surface area contributed by atoms with Gasteiger partial charge in [0.1, 0.15) is 5.75 Å². The van der Waals surface area contributed by atoms with Gasteiger partial charge in [-0.25, -0.2) is 4.98 Å². The van der Waals surface area contributed by atoms with Crippen LogP contribution in [0.15, 0.2) is 29.4 Å². The second-order valence-electron chi connectivity index (χ2n) is 5.25. The summed E-state index contributed by atoms with van der Waals surface area (Å²) in [6.07, 6.45) is 3.62. The second kappa shape index (κ2) is 11.5. The summed E-state index contributed by atoms with van der Waals surface area (Å²) in [5.74, 6) is 1.56. The highest BCUT2D eigenvalue weighted by molar-refractivity contribution is 14.0. The molecule has 0 aliphatic carbocycles. The van der Waals surface area contributed by atoms with Gasteiger partial charge in [0.25, 0.3) is 0 Å².